The Balaban J connectivity index is 1.63. The Morgan fingerprint density at radius 1 is 0.405 bits per heavy atom. The zero-order chi connectivity index (χ0) is 91.2. The standard InChI is InChI=1S/C76H119N23O22/c1-14-38(8)61(75(120)90-42(12)67(112)99-62(43(13)100)76(121)93-50(63(79)108)21-35(2)3)98-59(105)32-83-65(110)40(10)88-66(111)41(11)89-71(116)54(26-46-29-81-34-86-46)97-74(119)55(27-56(78)102)91-58(104)31-82-64(109)39(9)87-57(103)30-84-69(114)53(25-45-28-80-33-85-45)96-73(118)52(23-37(6)7)95-72(117)51(22-36(4)5)94-70(115)49(19-20-60(106)107)92-68(113)48(77)24-44-15-17-47(101)18-16-44/h15-18,28-29,33-43,48-55,61-62,100-101H,14,19-27,30-32,77H2,1-13H3,(H2,78,102)(H2,79,108)(H,80,85)(H,81,86)(H,82,109)(H,83,110)(H,84,114)(H,87,103)(H,88,111)(H,89,116)(H,90,120)(H,91,104)(H,92,113)(H,93,121)(H,94,115)(H,95,117)(H,96,118)(H,97,119)(H,98,105)(H,99,112)(H,106,107)/t38-,39-,40-,41-,42-,43+,48-,49-,50-,51-,52-,53-,54-,55-,61-,62-/m0/s1. The molecule has 1 aromatic carbocycles. The van der Waals surface area contributed by atoms with Gasteiger partial charge in [-0.15, -0.1) is 0 Å². The van der Waals surface area contributed by atoms with E-state index in [-0.39, 0.29) is 67.7 Å². The molecule has 16 atom stereocenters. The van der Waals surface area contributed by atoms with Gasteiger partial charge in [-0.05, 0) is 108 Å². The van der Waals surface area contributed by atoms with Gasteiger partial charge in [-0.1, -0.05) is 73.9 Å². The lowest BCUT2D eigenvalue weighted by Crippen LogP contribution is -2.60. The summed E-state index contributed by atoms with van der Waals surface area (Å²) in [6.07, 6.45) is 1.81. The second kappa shape index (κ2) is 50.9. The third kappa shape index (κ3) is 37.8. The van der Waals surface area contributed by atoms with Gasteiger partial charge in [-0.2, -0.15) is 0 Å². The Kier molecular flexibility index (Phi) is 43.1. The second-order valence-corrected chi connectivity index (χ2v) is 30.7. The number of nitrogens with zero attached hydrogens (tertiary/aromatic N) is 2. The molecule has 0 bridgehead atoms. The number of aliphatic hydroxyl groups excluding tert-OH is 1. The van der Waals surface area contributed by atoms with E-state index < -0.39 is 248 Å². The molecular weight excluding hydrogens is 1590 g/mol. The van der Waals surface area contributed by atoms with Crippen molar-refractivity contribution in [2.24, 2.45) is 40.9 Å². The van der Waals surface area contributed by atoms with Gasteiger partial charge in [-0.3, -0.25) is 91.1 Å². The van der Waals surface area contributed by atoms with Crippen LogP contribution in [0.2, 0.25) is 0 Å². The van der Waals surface area contributed by atoms with Gasteiger partial charge in [0.05, 0.1) is 50.9 Å². The Morgan fingerprint density at radius 2 is 0.785 bits per heavy atom. The molecule has 670 valence electrons. The van der Waals surface area contributed by atoms with E-state index >= 15 is 0 Å². The summed E-state index contributed by atoms with van der Waals surface area (Å²) >= 11 is 0. The molecule has 0 aliphatic heterocycles. The molecule has 0 fully saturated rings. The van der Waals surface area contributed by atoms with Crippen molar-refractivity contribution in [1.29, 1.82) is 0 Å². The highest BCUT2D eigenvalue weighted by atomic mass is 16.4. The zero-order valence-electron chi connectivity index (χ0n) is 70.0. The maximum absolute atomic E-state index is 14.3. The van der Waals surface area contributed by atoms with Crippen LogP contribution in [0.3, 0.4) is 0 Å². The average molecular weight is 1710 g/mol. The van der Waals surface area contributed by atoms with E-state index in [1.165, 1.54) is 83.9 Å². The number of carboxylic acids is 1. The lowest BCUT2D eigenvalue weighted by Gasteiger charge is -2.28. The van der Waals surface area contributed by atoms with Crippen LogP contribution in [0.5, 0.6) is 5.75 Å². The number of aromatic amines is 2. The Labute approximate surface area is 698 Å². The van der Waals surface area contributed by atoms with Gasteiger partial charge >= 0.3 is 5.97 Å². The second-order valence-electron chi connectivity index (χ2n) is 30.7. The molecule has 0 aliphatic rings. The van der Waals surface area contributed by atoms with Gasteiger partial charge in [0.1, 0.15) is 84.3 Å². The van der Waals surface area contributed by atoms with Crippen LogP contribution in [0.4, 0.5) is 0 Å². The predicted octanol–water partition coefficient (Wildman–Crippen LogP) is -7.29. The van der Waals surface area contributed by atoms with Crippen LogP contribution in [0.15, 0.2) is 49.3 Å². The molecule has 0 radical (unpaired) electrons. The van der Waals surface area contributed by atoms with E-state index in [0.717, 1.165) is 0 Å². The monoisotopic (exact) mass is 1710 g/mol. The molecule has 0 saturated carbocycles. The number of H-pyrrole nitrogens is 2. The number of carbonyl (C=O) groups is 19. The van der Waals surface area contributed by atoms with Crippen molar-refractivity contribution in [1.82, 2.24) is 105 Å². The Hall–Kier alpha value is -12.7. The molecule has 0 saturated heterocycles. The van der Waals surface area contributed by atoms with Gasteiger partial charge in [0.15, 0.2) is 0 Å². The number of rotatable bonds is 53. The molecule has 2 aromatic heterocycles. The third-order valence-electron chi connectivity index (χ3n) is 18.5. The summed E-state index contributed by atoms with van der Waals surface area (Å²) in [5.41, 5.74) is 18.2. The minimum Gasteiger partial charge on any atom is -0.508 e. The molecule has 45 nitrogen and oxygen atoms in total. The molecule has 3 aromatic rings. The number of phenols is 1. The maximum Gasteiger partial charge on any atom is 0.303 e. The Bertz CT molecular complexity index is 4050. The fraction of sp³-hybridized carbons (Fsp3) is 0.592. The number of nitrogens with two attached hydrogens (primary N) is 3. The van der Waals surface area contributed by atoms with E-state index in [1.54, 1.807) is 55.4 Å². The first-order valence-electron chi connectivity index (χ1n) is 39.4. The molecule has 0 spiro atoms. The number of aromatic nitrogens is 4. The molecule has 0 aliphatic carbocycles. The van der Waals surface area contributed by atoms with Gasteiger partial charge < -0.3 is 128 Å². The number of phenolic OH excluding ortho intramolecular Hbond substituents is 1. The summed E-state index contributed by atoms with van der Waals surface area (Å²) in [7, 11) is 0. The number of amides is 18. The SMILES string of the molecule is CC[C@H](C)[C@H](NC(=O)CNC(=O)[C@H](C)NC(=O)[C@H](C)NC(=O)[C@H](Cc1cnc[nH]1)NC(=O)[C@H](CC(N)=O)NC(=O)CNC(=O)[C@H](C)NC(=O)CNC(=O)[C@H](Cc1cnc[nH]1)NC(=O)[C@H](CC(C)C)NC(=O)[C@H](CC(C)C)NC(=O)[C@H](CCC(=O)O)NC(=O)[C@@H](N)Cc1ccc(O)cc1)C(=O)N[C@@H](C)C(=O)N[C@H](C(=O)N[C@@H](CC(C)C)C(N)=O)[C@@H](C)O. The molecule has 2 heterocycles. The van der Waals surface area contributed by atoms with Crippen LogP contribution in [-0.4, -0.2) is 258 Å². The molecule has 3 rings (SSSR count). The molecule has 121 heavy (non-hydrogen) atoms. The first kappa shape index (κ1) is 102. The number of primary amides is 2. The number of imidazole rings is 2. The van der Waals surface area contributed by atoms with Crippen molar-refractivity contribution in [2.45, 2.75) is 245 Å². The molecule has 0 unspecified atom stereocenters. The highest BCUT2D eigenvalue weighted by Gasteiger charge is 2.38. The van der Waals surface area contributed by atoms with Crippen LogP contribution in [0.25, 0.3) is 0 Å². The third-order valence-corrected chi connectivity index (χ3v) is 18.5. The summed E-state index contributed by atoms with van der Waals surface area (Å²) in [5, 5.41) is 68.3. The minimum atomic E-state index is -1.80. The predicted molar refractivity (Wildman–Crippen MR) is 431 cm³/mol. The molecule has 27 N–H and O–H groups in total. The first-order chi connectivity index (χ1) is 56.7. The van der Waals surface area contributed by atoms with Crippen LogP contribution in [0, 0.1) is 23.7 Å². The minimum absolute atomic E-state index is 0.00704. The van der Waals surface area contributed by atoms with Gasteiger partial charge in [-0.25, -0.2) is 9.97 Å². The summed E-state index contributed by atoms with van der Waals surface area (Å²) in [4.78, 5) is 267. The average Bonchev–Trinajstić information content (AvgIpc) is 1.59. The number of aromatic hydroxyl groups is 1. The lowest BCUT2D eigenvalue weighted by atomic mass is 9.98. The summed E-state index contributed by atoms with van der Waals surface area (Å²) < 4.78 is 0. The molecular formula is C76H119N23O22. The largest absolute Gasteiger partial charge is 0.508 e. The van der Waals surface area contributed by atoms with E-state index in [9.17, 15) is 106 Å². The number of hydrogen-bond donors (Lipinski definition) is 24. The number of hydrogen-bond acceptors (Lipinski definition) is 24. The van der Waals surface area contributed by atoms with E-state index in [1.807, 2.05) is 0 Å². The highest BCUT2D eigenvalue weighted by molar-refractivity contribution is 6.01. The summed E-state index contributed by atoms with van der Waals surface area (Å²) in [6.45, 7) is 17.6. The normalized spacial score (nSPS) is 15.1. The van der Waals surface area contributed by atoms with Gasteiger partial charge in [0, 0.05) is 43.0 Å². The van der Waals surface area contributed by atoms with Crippen molar-refractivity contribution in [3.63, 3.8) is 0 Å². The Morgan fingerprint density at radius 3 is 1.24 bits per heavy atom. The van der Waals surface area contributed by atoms with Crippen molar-refractivity contribution < 1.29 is 106 Å². The maximum atomic E-state index is 14.3. The van der Waals surface area contributed by atoms with Crippen LogP contribution in [-0.2, 0) is 110 Å². The summed E-state index contributed by atoms with van der Waals surface area (Å²) in [5.74, 6) is -19.4. The highest BCUT2D eigenvalue weighted by Crippen LogP contribution is 2.16. The van der Waals surface area contributed by atoms with E-state index in [0.29, 0.717) is 17.7 Å². The number of carbonyl (C=O) groups excluding carboxylic acids is 18. The number of aliphatic hydroxyl groups is 1. The summed E-state index contributed by atoms with van der Waals surface area (Å²) in [6, 6.07) is -14.0. The number of aliphatic carboxylic acids is 1. The lowest BCUT2D eigenvalue weighted by molar-refractivity contribution is -0.138. The van der Waals surface area contributed by atoms with Crippen LogP contribution < -0.4 is 102 Å². The van der Waals surface area contributed by atoms with Gasteiger partial charge in [0.25, 0.3) is 0 Å². The van der Waals surface area contributed by atoms with E-state index in [4.69, 9.17) is 17.2 Å². The molecule has 18 amide bonds. The fourth-order valence-electron chi connectivity index (χ4n) is 11.6. The van der Waals surface area contributed by atoms with Crippen LogP contribution in [0.1, 0.15) is 152 Å². The molecule has 45 heteroatoms. The first-order valence-corrected chi connectivity index (χ1v) is 39.4. The van der Waals surface area contributed by atoms with Crippen molar-refractivity contribution in [3.05, 3.63) is 66.3 Å². The van der Waals surface area contributed by atoms with Crippen LogP contribution >= 0.6 is 0 Å². The zero-order valence-corrected chi connectivity index (χ0v) is 70.0. The van der Waals surface area contributed by atoms with Crippen molar-refractivity contribution in [3.8, 4) is 5.75 Å². The smallest absolute Gasteiger partial charge is 0.303 e. The quantitative estimate of drug-likeness (QED) is 0.0250. The van der Waals surface area contributed by atoms with Crippen molar-refractivity contribution in [2.75, 3.05) is 19.6 Å². The van der Waals surface area contributed by atoms with Crippen molar-refractivity contribution >= 4 is 112 Å². The van der Waals surface area contributed by atoms with Gasteiger partial charge in [0.2, 0.25) is 106 Å². The number of nitrogens with one attached hydrogen (secondary N) is 18. The number of carboxylic acid groups (broad SMARTS) is 1. The fourth-order valence-corrected chi connectivity index (χ4v) is 11.6. The number of benzene rings is 1. The topological polar surface area (TPSA) is 713 Å². The van der Waals surface area contributed by atoms with E-state index in [2.05, 4.69) is 105 Å².